The summed E-state index contributed by atoms with van der Waals surface area (Å²) >= 11 is 0. The zero-order valence-corrected chi connectivity index (χ0v) is 11.2. The van der Waals surface area contributed by atoms with Crippen molar-refractivity contribution in [1.82, 2.24) is 0 Å². The summed E-state index contributed by atoms with van der Waals surface area (Å²) in [6.45, 7) is 0.745. The number of para-hydroxylation sites is 1. The van der Waals surface area contributed by atoms with Crippen molar-refractivity contribution in [3.05, 3.63) is 65.2 Å². The van der Waals surface area contributed by atoms with Crippen LogP contribution < -0.4 is 10.5 Å². The fraction of sp³-hybridized carbons (Fsp3) is 0.235. The third-order valence-electron chi connectivity index (χ3n) is 3.72. The summed E-state index contributed by atoms with van der Waals surface area (Å²) in [5.74, 6) is 1.10. The van der Waals surface area contributed by atoms with E-state index in [4.69, 9.17) is 10.5 Å². The fourth-order valence-electron chi connectivity index (χ4n) is 2.66. The van der Waals surface area contributed by atoms with E-state index in [9.17, 15) is 4.79 Å². The maximum Gasteiger partial charge on any atom is 0.248 e. The van der Waals surface area contributed by atoms with Gasteiger partial charge in [0.2, 0.25) is 5.91 Å². The van der Waals surface area contributed by atoms with Crippen LogP contribution >= 0.6 is 0 Å². The lowest BCUT2D eigenvalue weighted by molar-refractivity contribution is 0.100. The van der Waals surface area contributed by atoms with E-state index in [1.807, 2.05) is 30.3 Å². The summed E-state index contributed by atoms with van der Waals surface area (Å²) in [6, 6.07) is 15.7. The standard InChI is InChI=1S/C17H17NO2/c18-17(19)14-7-5-12(6-8-14)9-13-10-15-3-1-2-4-16(15)20-11-13/h1-8,13H,9-11H2,(H2,18,19). The molecule has 2 aromatic rings. The number of carbonyl (C=O) groups excluding carboxylic acids is 1. The minimum Gasteiger partial charge on any atom is -0.493 e. The number of hydrogen-bond acceptors (Lipinski definition) is 2. The molecule has 1 atom stereocenters. The van der Waals surface area contributed by atoms with Gasteiger partial charge in [-0.25, -0.2) is 0 Å². The molecule has 1 heterocycles. The number of carbonyl (C=O) groups is 1. The second-order valence-electron chi connectivity index (χ2n) is 5.25. The Hall–Kier alpha value is -2.29. The molecule has 0 bridgehead atoms. The van der Waals surface area contributed by atoms with Crippen LogP contribution in [0.5, 0.6) is 5.75 Å². The number of nitrogens with two attached hydrogens (primary N) is 1. The Kier molecular flexibility index (Phi) is 3.42. The predicted molar refractivity (Wildman–Crippen MR) is 77.8 cm³/mol. The molecule has 1 amide bonds. The second kappa shape index (κ2) is 5.37. The highest BCUT2D eigenvalue weighted by molar-refractivity contribution is 5.92. The number of benzene rings is 2. The monoisotopic (exact) mass is 267 g/mol. The van der Waals surface area contributed by atoms with E-state index in [2.05, 4.69) is 6.07 Å². The highest BCUT2D eigenvalue weighted by atomic mass is 16.5. The van der Waals surface area contributed by atoms with Crippen LogP contribution in [0, 0.1) is 5.92 Å². The van der Waals surface area contributed by atoms with Gasteiger partial charge in [0, 0.05) is 11.5 Å². The van der Waals surface area contributed by atoms with Crippen LogP contribution in [-0.4, -0.2) is 12.5 Å². The van der Waals surface area contributed by atoms with Gasteiger partial charge in [0.25, 0.3) is 0 Å². The highest BCUT2D eigenvalue weighted by Crippen LogP contribution is 2.28. The van der Waals surface area contributed by atoms with E-state index in [1.54, 1.807) is 12.1 Å². The summed E-state index contributed by atoms with van der Waals surface area (Å²) in [5, 5.41) is 0. The van der Waals surface area contributed by atoms with Crippen molar-refractivity contribution in [2.75, 3.05) is 6.61 Å². The molecule has 1 aliphatic heterocycles. The van der Waals surface area contributed by atoms with Gasteiger partial charge in [0.1, 0.15) is 5.75 Å². The van der Waals surface area contributed by atoms with Gasteiger partial charge in [-0.05, 0) is 42.2 Å². The Morgan fingerprint density at radius 3 is 2.65 bits per heavy atom. The Labute approximate surface area is 118 Å². The van der Waals surface area contributed by atoms with E-state index < -0.39 is 0 Å². The third kappa shape index (κ3) is 2.67. The normalized spacial score (nSPS) is 17.1. The SMILES string of the molecule is NC(=O)c1ccc(CC2COc3ccccc3C2)cc1. The minimum atomic E-state index is -0.383. The average Bonchev–Trinajstić information content (AvgIpc) is 2.48. The summed E-state index contributed by atoms with van der Waals surface area (Å²) in [6.07, 6.45) is 1.99. The fourth-order valence-corrected chi connectivity index (χ4v) is 2.66. The molecule has 0 spiro atoms. The number of ether oxygens (including phenoxy) is 1. The zero-order valence-electron chi connectivity index (χ0n) is 11.2. The molecule has 0 saturated carbocycles. The first-order chi connectivity index (χ1) is 9.72. The first-order valence-corrected chi connectivity index (χ1v) is 6.82. The van der Waals surface area contributed by atoms with Crippen LogP contribution in [0.15, 0.2) is 48.5 Å². The van der Waals surface area contributed by atoms with E-state index in [0.717, 1.165) is 25.2 Å². The minimum absolute atomic E-state index is 0.383. The molecule has 20 heavy (non-hydrogen) atoms. The first kappa shape index (κ1) is 12.7. The van der Waals surface area contributed by atoms with Crippen molar-refractivity contribution < 1.29 is 9.53 Å². The first-order valence-electron chi connectivity index (χ1n) is 6.82. The van der Waals surface area contributed by atoms with Crippen LogP contribution in [0.25, 0.3) is 0 Å². The Morgan fingerprint density at radius 2 is 1.90 bits per heavy atom. The second-order valence-corrected chi connectivity index (χ2v) is 5.25. The largest absolute Gasteiger partial charge is 0.493 e. The molecule has 0 fully saturated rings. The Balaban J connectivity index is 1.69. The maximum atomic E-state index is 11.0. The van der Waals surface area contributed by atoms with Gasteiger partial charge in [-0.3, -0.25) is 4.79 Å². The summed E-state index contributed by atoms with van der Waals surface area (Å²) in [4.78, 5) is 11.0. The van der Waals surface area contributed by atoms with Crippen molar-refractivity contribution in [2.45, 2.75) is 12.8 Å². The van der Waals surface area contributed by atoms with Gasteiger partial charge in [-0.1, -0.05) is 30.3 Å². The van der Waals surface area contributed by atoms with Gasteiger partial charge in [-0.2, -0.15) is 0 Å². The van der Waals surface area contributed by atoms with Crippen LogP contribution in [-0.2, 0) is 12.8 Å². The number of amides is 1. The molecule has 0 aliphatic carbocycles. The molecular weight excluding hydrogens is 250 g/mol. The Bertz CT molecular complexity index is 619. The van der Waals surface area contributed by atoms with Gasteiger partial charge in [0.15, 0.2) is 0 Å². The van der Waals surface area contributed by atoms with Gasteiger partial charge in [-0.15, -0.1) is 0 Å². The average molecular weight is 267 g/mol. The van der Waals surface area contributed by atoms with Crippen molar-refractivity contribution in [3.8, 4) is 5.75 Å². The van der Waals surface area contributed by atoms with E-state index in [0.29, 0.717) is 11.5 Å². The van der Waals surface area contributed by atoms with Crippen molar-refractivity contribution in [3.63, 3.8) is 0 Å². The summed E-state index contributed by atoms with van der Waals surface area (Å²) in [5.41, 5.74) is 8.28. The van der Waals surface area contributed by atoms with Gasteiger partial charge < -0.3 is 10.5 Å². The van der Waals surface area contributed by atoms with Crippen LogP contribution in [0.3, 0.4) is 0 Å². The van der Waals surface area contributed by atoms with Crippen molar-refractivity contribution in [2.24, 2.45) is 11.7 Å². The van der Waals surface area contributed by atoms with Crippen LogP contribution in [0.2, 0.25) is 0 Å². The van der Waals surface area contributed by atoms with E-state index >= 15 is 0 Å². The maximum absolute atomic E-state index is 11.0. The molecule has 0 aromatic heterocycles. The molecule has 2 aromatic carbocycles. The molecule has 102 valence electrons. The molecule has 3 rings (SSSR count). The smallest absolute Gasteiger partial charge is 0.248 e. The predicted octanol–water partition coefficient (Wildman–Crippen LogP) is 2.58. The lowest BCUT2D eigenvalue weighted by Crippen LogP contribution is -2.22. The van der Waals surface area contributed by atoms with E-state index in [1.165, 1.54) is 11.1 Å². The molecule has 3 heteroatoms. The molecular formula is C17H17NO2. The molecule has 0 saturated heterocycles. The number of primary amides is 1. The quantitative estimate of drug-likeness (QED) is 0.929. The number of hydrogen-bond donors (Lipinski definition) is 1. The molecule has 1 unspecified atom stereocenters. The molecule has 0 radical (unpaired) electrons. The number of fused-ring (bicyclic) bond motifs is 1. The van der Waals surface area contributed by atoms with Crippen LogP contribution in [0.4, 0.5) is 0 Å². The number of rotatable bonds is 3. The molecule has 3 nitrogen and oxygen atoms in total. The topological polar surface area (TPSA) is 52.3 Å². The van der Waals surface area contributed by atoms with Gasteiger partial charge >= 0.3 is 0 Å². The molecule has 1 aliphatic rings. The Morgan fingerprint density at radius 1 is 1.15 bits per heavy atom. The van der Waals surface area contributed by atoms with Crippen molar-refractivity contribution in [1.29, 1.82) is 0 Å². The summed E-state index contributed by atoms with van der Waals surface area (Å²) < 4.78 is 5.80. The molecule has 2 N–H and O–H groups in total. The third-order valence-corrected chi connectivity index (χ3v) is 3.72. The van der Waals surface area contributed by atoms with Gasteiger partial charge in [0.05, 0.1) is 6.61 Å². The van der Waals surface area contributed by atoms with E-state index in [-0.39, 0.29) is 5.91 Å². The lowest BCUT2D eigenvalue weighted by Gasteiger charge is -2.25. The summed E-state index contributed by atoms with van der Waals surface area (Å²) in [7, 11) is 0. The van der Waals surface area contributed by atoms with Crippen molar-refractivity contribution >= 4 is 5.91 Å². The zero-order chi connectivity index (χ0) is 13.9. The lowest BCUT2D eigenvalue weighted by atomic mass is 9.91. The highest BCUT2D eigenvalue weighted by Gasteiger charge is 2.19. The van der Waals surface area contributed by atoms with Crippen LogP contribution in [0.1, 0.15) is 21.5 Å².